The van der Waals surface area contributed by atoms with Crippen molar-refractivity contribution in [2.45, 2.75) is 247 Å². The molecule has 0 saturated heterocycles. The van der Waals surface area contributed by atoms with E-state index in [-0.39, 0.29) is 35.4 Å². The van der Waals surface area contributed by atoms with Crippen molar-refractivity contribution in [3.05, 3.63) is 24.3 Å². The maximum Gasteiger partial charge on any atom is 0.508 e. The van der Waals surface area contributed by atoms with Crippen molar-refractivity contribution >= 4 is 18.3 Å². The number of allylic oxidation sites excluding steroid dienone is 4. The third kappa shape index (κ3) is 28.1. The van der Waals surface area contributed by atoms with E-state index in [0.717, 1.165) is 103 Å². The van der Waals surface area contributed by atoms with Gasteiger partial charge in [0.2, 0.25) is 0 Å². The van der Waals surface area contributed by atoms with Crippen molar-refractivity contribution in [3.63, 3.8) is 0 Å². The molecule has 9 heteroatoms. The second kappa shape index (κ2) is 37.4. The van der Waals surface area contributed by atoms with E-state index >= 15 is 0 Å². The first-order valence-corrected chi connectivity index (χ1v) is 27.8. The summed E-state index contributed by atoms with van der Waals surface area (Å²) < 4.78 is 29.0. The van der Waals surface area contributed by atoms with Crippen LogP contribution in [-0.4, -0.2) is 75.8 Å². The Balaban J connectivity index is 1.84. The zero-order valence-electron chi connectivity index (χ0n) is 43.9. The van der Waals surface area contributed by atoms with Crippen LogP contribution in [0.15, 0.2) is 24.3 Å². The van der Waals surface area contributed by atoms with Crippen molar-refractivity contribution in [2.75, 3.05) is 52.7 Å². The van der Waals surface area contributed by atoms with E-state index in [1.165, 1.54) is 116 Å². The van der Waals surface area contributed by atoms with Crippen molar-refractivity contribution < 1.29 is 38.1 Å². The molecular weight excluding hydrogens is 827 g/mol. The summed E-state index contributed by atoms with van der Waals surface area (Å²) >= 11 is 0. The number of unbranched alkanes of at least 4 members (excludes halogenated alkanes) is 20. The molecule has 2 fully saturated rings. The lowest BCUT2D eigenvalue weighted by atomic mass is 9.48. The lowest BCUT2D eigenvalue weighted by Gasteiger charge is -2.57. The Morgan fingerprint density at radius 1 is 0.500 bits per heavy atom. The van der Waals surface area contributed by atoms with Crippen LogP contribution in [-0.2, 0) is 28.5 Å². The molecule has 0 aliphatic heterocycles. The summed E-state index contributed by atoms with van der Waals surface area (Å²) in [6.45, 7) is 17.7. The highest BCUT2D eigenvalue weighted by Gasteiger charge is 2.56. The molecule has 0 radical (unpaired) electrons. The predicted molar refractivity (Wildman–Crippen MR) is 273 cm³/mol. The monoisotopic (exact) mass is 930 g/mol. The molecule has 0 heterocycles. The van der Waals surface area contributed by atoms with Gasteiger partial charge in [0.15, 0.2) is 0 Å². The predicted octanol–water partition coefficient (Wildman–Crippen LogP) is 16.5. The standard InChI is InChI=1S/C57H103NO8/c1-7-12-14-16-18-20-22-24-26-28-30-32-34-36-41-62-53(60)65-48-55(6)43-51-44-56(9-3,49-64-52(59)39-38-40-58(10-4)11-5)47-57(45-51,46-55)50-66-54(61)63-42-37-35-33-31-29-27-25-23-21-19-17-15-13-8-2/h20-23,51H,7-19,24-50H2,1-6H3/b22-20-,23-21-. The summed E-state index contributed by atoms with van der Waals surface area (Å²) in [5.74, 6) is 0.181. The summed E-state index contributed by atoms with van der Waals surface area (Å²) in [7, 11) is 0. The highest BCUT2D eigenvalue weighted by Crippen LogP contribution is 2.61. The number of carbonyl (C=O) groups excluding carboxylic acids is 3. The van der Waals surface area contributed by atoms with E-state index in [9.17, 15) is 14.4 Å². The molecule has 0 aromatic carbocycles. The molecule has 0 aromatic heterocycles. The average Bonchev–Trinajstić information content (AvgIpc) is 3.30. The van der Waals surface area contributed by atoms with Gasteiger partial charge in [0.1, 0.15) is 13.2 Å². The van der Waals surface area contributed by atoms with Crippen LogP contribution in [0.4, 0.5) is 9.59 Å². The Labute approximate surface area is 406 Å². The van der Waals surface area contributed by atoms with Gasteiger partial charge >= 0.3 is 18.3 Å². The van der Waals surface area contributed by atoms with Gasteiger partial charge in [0, 0.05) is 22.7 Å². The minimum absolute atomic E-state index is 0.135. The zero-order valence-corrected chi connectivity index (χ0v) is 43.9. The van der Waals surface area contributed by atoms with Gasteiger partial charge in [-0.25, -0.2) is 9.59 Å². The van der Waals surface area contributed by atoms with Gasteiger partial charge in [-0.05, 0) is 135 Å². The SMILES string of the molecule is CCCCCC/C=C\CCCCCCCCOC(=O)OCC1(C)CC2CC(CC)(COC(=O)CCCN(CC)CC)CC(COC(=O)OCCCCCCCC/C=C\CCCCCC)(C2)C1. The molecule has 0 aromatic rings. The molecule has 4 atom stereocenters. The maximum atomic E-state index is 13.1. The molecule has 66 heavy (non-hydrogen) atoms. The van der Waals surface area contributed by atoms with Gasteiger partial charge < -0.3 is 28.6 Å². The number of nitrogens with zero attached hydrogens (tertiary/aromatic N) is 1. The largest absolute Gasteiger partial charge is 0.508 e. The normalized spacial score (nSPS) is 21.7. The molecule has 384 valence electrons. The lowest BCUT2D eigenvalue weighted by Crippen LogP contribution is -2.52. The first-order valence-electron chi connectivity index (χ1n) is 27.8. The number of fused-ring (bicyclic) bond motifs is 2. The minimum Gasteiger partial charge on any atom is -0.465 e. The van der Waals surface area contributed by atoms with Crippen molar-refractivity contribution in [1.82, 2.24) is 4.90 Å². The van der Waals surface area contributed by atoms with Crippen LogP contribution in [0.5, 0.6) is 0 Å². The topological polar surface area (TPSA) is 101 Å². The number of carbonyl (C=O) groups is 3. The Bertz CT molecular complexity index is 1300. The van der Waals surface area contributed by atoms with E-state index in [0.29, 0.717) is 32.2 Å². The second-order valence-electron chi connectivity index (χ2n) is 21.0. The Morgan fingerprint density at radius 2 is 0.970 bits per heavy atom. The van der Waals surface area contributed by atoms with Crippen LogP contribution in [0.3, 0.4) is 0 Å². The Hall–Kier alpha value is -2.55. The molecular formula is C57H103NO8. The van der Waals surface area contributed by atoms with E-state index in [4.69, 9.17) is 23.7 Å². The number of ether oxygens (including phenoxy) is 5. The third-order valence-electron chi connectivity index (χ3n) is 14.6. The minimum atomic E-state index is -0.609. The van der Waals surface area contributed by atoms with Gasteiger partial charge in [-0.1, -0.05) is 156 Å². The van der Waals surface area contributed by atoms with Gasteiger partial charge in [0.25, 0.3) is 0 Å². The van der Waals surface area contributed by atoms with Crippen LogP contribution in [0.25, 0.3) is 0 Å². The van der Waals surface area contributed by atoms with Crippen molar-refractivity contribution in [3.8, 4) is 0 Å². The smallest absolute Gasteiger partial charge is 0.465 e. The highest BCUT2D eigenvalue weighted by molar-refractivity contribution is 5.69. The molecule has 0 N–H and O–H groups in total. The number of hydrogen-bond donors (Lipinski definition) is 0. The highest BCUT2D eigenvalue weighted by atomic mass is 16.7. The van der Waals surface area contributed by atoms with Crippen LogP contribution in [0.1, 0.15) is 247 Å². The molecule has 4 unspecified atom stereocenters. The summed E-state index contributed by atoms with van der Waals surface area (Å²) in [6, 6.07) is 0. The summed E-state index contributed by atoms with van der Waals surface area (Å²) in [4.78, 5) is 41.2. The Kier molecular flexibility index (Phi) is 33.7. The van der Waals surface area contributed by atoms with Crippen LogP contribution in [0, 0.1) is 22.2 Å². The first kappa shape index (κ1) is 59.6. The van der Waals surface area contributed by atoms with Gasteiger partial charge in [-0.2, -0.15) is 0 Å². The Morgan fingerprint density at radius 3 is 1.45 bits per heavy atom. The summed E-state index contributed by atoms with van der Waals surface area (Å²) in [5, 5.41) is 0. The van der Waals surface area contributed by atoms with E-state index in [2.05, 4.69) is 70.7 Å². The molecule has 0 spiro atoms. The van der Waals surface area contributed by atoms with E-state index in [1.807, 2.05) is 0 Å². The molecule has 9 nitrogen and oxygen atoms in total. The van der Waals surface area contributed by atoms with Crippen LogP contribution in [0.2, 0.25) is 0 Å². The van der Waals surface area contributed by atoms with Gasteiger partial charge in [-0.3, -0.25) is 4.79 Å². The molecule has 2 aliphatic rings. The van der Waals surface area contributed by atoms with Crippen LogP contribution >= 0.6 is 0 Å². The second-order valence-corrected chi connectivity index (χ2v) is 21.0. The first-order chi connectivity index (χ1) is 32.1. The molecule has 2 aliphatic carbocycles. The quantitative estimate of drug-likeness (QED) is 0.0257. The fraction of sp³-hybridized carbons (Fsp3) is 0.877. The number of esters is 1. The fourth-order valence-electron chi connectivity index (χ4n) is 11.1. The lowest BCUT2D eigenvalue weighted by molar-refractivity contribution is -0.158. The van der Waals surface area contributed by atoms with Gasteiger partial charge in [0.05, 0.1) is 19.8 Å². The van der Waals surface area contributed by atoms with E-state index < -0.39 is 12.3 Å². The number of rotatable bonds is 41. The van der Waals surface area contributed by atoms with Crippen molar-refractivity contribution in [2.24, 2.45) is 22.2 Å². The fourth-order valence-corrected chi connectivity index (χ4v) is 11.1. The van der Waals surface area contributed by atoms with Gasteiger partial charge in [-0.15, -0.1) is 0 Å². The van der Waals surface area contributed by atoms with E-state index in [1.54, 1.807) is 0 Å². The maximum absolute atomic E-state index is 13.1. The van der Waals surface area contributed by atoms with Crippen molar-refractivity contribution in [1.29, 1.82) is 0 Å². The zero-order chi connectivity index (χ0) is 48.0. The number of hydrogen-bond acceptors (Lipinski definition) is 9. The summed E-state index contributed by atoms with van der Waals surface area (Å²) in [6.07, 6.45) is 43.3. The molecule has 2 rings (SSSR count). The summed E-state index contributed by atoms with van der Waals surface area (Å²) in [5.41, 5.74) is -0.853. The molecule has 0 amide bonds. The average molecular weight is 930 g/mol. The molecule has 2 saturated carbocycles. The molecule has 2 bridgehead atoms. The van der Waals surface area contributed by atoms with Crippen LogP contribution < -0.4 is 0 Å². The third-order valence-corrected chi connectivity index (χ3v) is 14.6.